The number of hydrogen-bond donors (Lipinski definition) is 0. The van der Waals surface area contributed by atoms with Gasteiger partial charge >= 0.3 is 5.97 Å². The number of esters is 1. The standard InChI is InChI=1S/C12H18N2O2/c1-10(2)11(15)16-8-12(3,4)7-14-6-5-13-9-14/h5-6,9H,1,7-8H2,2-4H3. The lowest BCUT2D eigenvalue weighted by Gasteiger charge is -2.24. The number of aromatic nitrogens is 2. The topological polar surface area (TPSA) is 44.1 Å². The van der Waals surface area contributed by atoms with Crippen molar-refractivity contribution in [1.82, 2.24) is 9.55 Å². The molecule has 0 N–H and O–H groups in total. The lowest BCUT2D eigenvalue weighted by Crippen LogP contribution is -2.26. The molecule has 1 rings (SSSR count). The second-order valence-electron chi connectivity index (χ2n) is 4.76. The van der Waals surface area contributed by atoms with Crippen molar-refractivity contribution in [2.24, 2.45) is 5.41 Å². The van der Waals surface area contributed by atoms with Crippen LogP contribution >= 0.6 is 0 Å². The molecule has 0 saturated heterocycles. The Balaban J connectivity index is 2.46. The third-order valence-electron chi connectivity index (χ3n) is 2.11. The van der Waals surface area contributed by atoms with E-state index in [0.717, 1.165) is 6.54 Å². The predicted octanol–water partition coefficient (Wildman–Crippen LogP) is 2.03. The van der Waals surface area contributed by atoms with Crippen LogP contribution in [0.5, 0.6) is 0 Å². The van der Waals surface area contributed by atoms with E-state index in [0.29, 0.717) is 12.2 Å². The molecular weight excluding hydrogens is 204 g/mol. The fourth-order valence-electron chi connectivity index (χ4n) is 1.30. The first-order valence-corrected chi connectivity index (χ1v) is 5.19. The second-order valence-corrected chi connectivity index (χ2v) is 4.76. The first-order chi connectivity index (χ1) is 7.41. The molecule has 0 amide bonds. The van der Waals surface area contributed by atoms with Crippen molar-refractivity contribution in [1.29, 1.82) is 0 Å². The fourth-order valence-corrected chi connectivity index (χ4v) is 1.30. The smallest absolute Gasteiger partial charge is 0.333 e. The molecule has 1 aromatic heterocycles. The van der Waals surface area contributed by atoms with Crippen molar-refractivity contribution >= 4 is 5.97 Å². The Labute approximate surface area is 95.9 Å². The molecule has 4 nitrogen and oxygen atoms in total. The summed E-state index contributed by atoms with van der Waals surface area (Å²) < 4.78 is 7.11. The summed E-state index contributed by atoms with van der Waals surface area (Å²) in [6.07, 6.45) is 5.38. The maximum Gasteiger partial charge on any atom is 0.333 e. The molecule has 0 unspecified atom stereocenters. The van der Waals surface area contributed by atoms with Gasteiger partial charge in [0.05, 0.1) is 12.9 Å². The summed E-state index contributed by atoms with van der Waals surface area (Å²) in [5.74, 6) is -0.335. The fraction of sp³-hybridized carbons (Fsp3) is 0.500. The summed E-state index contributed by atoms with van der Waals surface area (Å²) in [5, 5.41) is 0. The molecule has 88 valence electrons. The van der Waals surface area contributed by atoms with Gasteiger partial charge in [-0.3, -0.25) is 0 Å². The van der Waals surface area contributed by atoms with E-state index in [4.69, 9.17) is 4.74 Å². The van der Waals surface area contributed by atoms with Crippen molar-refractivity contribution in [3.8, 4) is 0 Å². The number of imidazole rings is 1. The molecule has 0 bridgehead atoms. The third kappa shape index (κ3) is 3.88. The zero-order valence-corrected chi connectivity index (χ0v) is 10.1. The molecule has 0 aliphatic carbocycles. The van der Waals surface area contributed by atoms with E-state index in [9.17, 15) is 4.79 Å². The number of rotatable bonds is 5. The van der Waals surface area contributed by atoms with Gasteiger partial charge < -0.3 is 9.30 Å². The number of carbonyl (C=O) groups excluding carboxylic acids is 1. The number of carbonyl (C=O) groups is 1. The molecule has 0 fully saturated rings. The summed E-state index contributed by atoms with van der Waals surface area (Å²) in [7, 11) is 0. The van der Waals surface area contributed by atoms with Gasteiger partial charge in [-0.15, -0.1) is 0 Å². The lowest BCUT2D eigenvalue weighted by molar-refractivity contribution is -0.142. The Hall–Kier alpha value is -1.58. The Bertz CT molecular complexity index is 366. The van der Waals surface area contributed by atoms with Gasteiger partial charge in [0.15, 0.2) is 0 Å². The molecule has 4 heteroatoms. The average Bonchev–Trinajstić information content (AvgIpc) is 2.65. The van der Waals surface area contributed by atoms with Crippen molar-refractivity contribution in [3.05, 3.63) is 30.9 Å². The van der Waals surface area contributed by atoms with Gasteiger partial charge in [0.2, 0.25) is 0 Å². The van der Waals surface area contributed by atoms with Crippen LogP contribution in [0, 0.1) is 5.41 Å². The molecule has 0 aromatic carbocycles. The quantitative estimate of drug-likeness (QED) is 0.565. The van der Waals surface area contributed by atoms with Gasteiger partial charge in [-0.1, -0.05) is 20.4 Å². The average molecular weight is 222 g/mol. The van der Waals surface area contributed by atoms with Gasteiger partial charge in [-0.05, 0) is 6.92 Å². The van der Waals surface area contributed by atoms with E-state index in [-0.39, 0.29) is 11.4 Å². The van der Waals surface area contributed by atoms with Crippen LogP contribution in [-0.2, 0) is 16.1 Å². The van der Waals surface area contributed by atoms with E-state index in [1.807, 2.05) is 24.6 Å². The van der Waals surface area contributed by atoms with Crippen LogP contribution in [0.3, 0.4) is 0 Å². The Morgan fingerprint density at radius 2 is 2.25 bits per heavy atom. The summed E-state index contributed by atoms with van der Waals surface area (Å²) >= 11 is 0. The molecule has 0 saturated carbocycles. The first kappa shape index (κ1) is 12.5. The Morgan fingerprint density at radius 3 is 2.75 bits per heavy atom. The highest BCUT2D eigenvalue weighted by atomic mass is 16.5. The molecule has 0 spiro atoms. The maximum atomic E-state index is 11.3. The van der Waals surface area contributed by atoms with Crippen LogP contribution < -0.4 is 0 Å². The SMILES string of the molecule is C=C(C)C(=O)OCC(C)(C)Cn1ccnc1. The monoisotopic (exact) mass is 222 g/mol. The minimum atomic E-state index is -0.335. The van der Waals surface area contributed by atoms with Crippen molar-refractivity contribution in [3.63, 3.8) is 0 Å². The van der Waals surface area contributed by atoms with E-state index >= 15 is 0 Å². The zero-order chi connectivity index (χ0) is 12.2. The predicted molar refractivity (Wildman–Crippen MR) is 61.8 cm³/mol. The number of ether oxygens (including phenoxy) is 1. The summed E-state index contributed by atoms with van der Waals surface area (Å²) in [6.45, 7) is 10.4. The number of hydrogen-bond acceptors (Lipinski definition) is 3. The van der Waals surface area contributed by atoms with Gasteiger partial charge in [-0.2, -0.15) is 0 Å². The van der Waals surface area contributed by atoms with Crippen molar-refractivity contribution < 1.29 is 9.53 Å². The summed E-state index contributed by atoms with van der Waals surface area (Å²) in [4.78, 5) is 15.2. The summed E-state index contributed by atoms with van der Waals surface area (Å²) in [5.41, 5.74) is 0.310. The van der Waals surface area contributed by atoms with Crippen LogP contribution in [0.4, 0.5) is 0 Å². The van der Waals surface area contributed by atoms with Crippen LogP contribution in [0.1, 0.15) is 20.8 Å². The van der Waals surface area contributed by atoms with Gasteiger partial charge in [0.25, 0.3) is 0 Å². The van der Waals surface area contributed by atoms with E-state index in [1.165, 1.54) is 0 Å². The Morgan fingerprint density at radius 1 is 1.56 bits per heavy atom. The van der Waals surface area contributed by atoms with Crippen LogP contribution in [0.25, 0.3) is 0 Å². The van der Waals surface area contributed by atoms with E-state index < -0.39 is 0 Å². The van der Waals surface area contributed by atoms with Crippen LogP contribution in [-0.4, -0.2) is 22.1 Å². The second kappa shape index (κ2) is 4.96. The highest BCUT2D eigenvalue weighted by Gasteiger charge is 2.21. The van der Waals surface area contributed by atoms with Crippen molar-refractivity contribution in [2.45, 2.75) is 27.3 Å². The molecule has 0 radical (unpaired) electrons. The first-order valence-electron chi connectivity index (χ1n) is 5.19. The lowest BCUT2D eigenvalue weighted by atomic mass is 9.95. The zero-order valence-electron chi connectivity index (χ0n) is 10.1. The van der Waals surface area contributed by atoms with Gasteiger partial charge in [0.1, 0.15) is 0 Å². The maximum absolute atomic E-state index is 11.3. The molecular formula is C12H18N2O2. The molecule has 16 heavy (non-hydrogen) atoms. The van der Waals surface area contributed by atoms with Crippen LogP contribution in [0.2, 0.25) is 0 Å². The third-order valence-corrected chi connectivity index (χ3v) is 2.11. The van der Waals surface area contributed by atoms with E-state index in [2.05, 4.69) is 11.6 Å². The largest absolute Gasteiger partial charge is 0.462 e. The number of nitrogens with zero attached hydrogens (tertiary/aromatic N) is 2. The Kier molecular flexibility index (Phi) is 3.88. The molecule has 0 aliphatic rings. The minimum absolute atomic E-state index is 0.119. The highest BCUT2D eigenvalue weighted by Crippen LogP contribution is 2.18. The molecule has 1 heterocycles. The molecule has 1 aromatic rings. The van der Waals surface area contributed by atoms with Gasteiger partial charge in [-0.25, -0.2) is 9.78 Å². The van der Waals surface area contributed by atoms with E-state index in [1.54, 1.807) is 19.4 Å². The molecule has 0 atom stereocenters. The normalized spacial score (nSPS) is 11.2. The minimum Gasteiger partial charge on any atom is -0.462 e. The molecule has 0 aliphatic heterocycles. The van der Waals surface area contributed by atoms with Crippen LogP contribution in [0.15, 0.2) is 30.9 Å². The summed E-state index contributed by atoms with van der Waals surface area (Å²) in [6, 6.07) is 0. The van der Waals surface area contributed by atoms with Crippen molar-refractivity contribution in [2.75, 3.05) is 6.61 Å². The highest BCUT2D eigenvalue weighted by molar-refractivity contribution is 5.86. The van der Waals surface area contributed by atoms with Gasteiger partial charge in [0, 0.05) is 29.9 Å².